The van der Waals surface area contributed by atoms with Gasteiger partial charge in [-0.3, -0.25) is 9.89 Å². The lowest BCUT2D eigenvalue weighted by Crippen LogP contribution is -2.04. The van der Waals surface area contributed by atoms with Crippen molar-refractivity contribution in [3.05, 3.63) is 41.2 Å². The van der Waals surface area contributed by atoms with Crippen LogP contribution in [-0.4, -0.2) is 32.0 Å². The number of halogens is 3. The number of H-pyrrole nitrogens is 1. The number of carboxylic acid groups (broad SMARTS) is 1. The van der Waals surface area contributed by atoms with Crippen LogP contribution in [0.2, 0.25) is 0 Å². The van der Waals surface area contributed by atoms with Crippen LogP contribution in [0.1, 0.15) is 17.0 Å². The van der Waals surface area contributed by atoms with Gasteiger partial charge in [0.15, 0.2) is 0 Å². The van der Waals surface area contributed by atoms with Crippen LogP contribution in [0.4, 0.5) is 13.2 Å². The maximum absolute atomic E-state index is 12.4. The van der Waals surface area contributed by atoms with Crippen LogP contribution in [0, 0.1) is 0 Å². The lowest BCUT2D eigenvalue weighted by Gasteiger charge is -2.06. The van der Waals surface area contributed by atoms with Gasteiger partial charge in [-0.05, 0) is 17.7 Å². The third-order valence-corrected chi connectivity index (χ3v) is 3.32. The SMILES string of the molecule is O=C(O)CSc1n[nH]c(Cc2ccc(C(F)(F)F)cc2)n1. The summed E-state index contributed by atoms with van der Waals surface area (Å²) >= 11 is 0.964. The van der Waals surface area contributed by atoms with Gasteiger partial charge in [-0.25, -0.2) is 4.98 Å². The number of thioether (sulfide) groups is 1. The number of rotatable bonds is 5. The van der Waals surface area contributed by atoms with E-state index in [0.29, 0.717) is 23.0 Å². The number of aromatic nitrogens is 3. The van der Waals surface area contributed by atoms with Gasteiger partial charge >= 0.3 is 12.1 Å². The van der Waals surface area contributed by atoms with Gasteiger partial charge in [0.05, 0.1) is 11.3 Å². The van der Waals surface area contributed by atoms with Crippen molar-refractivity contribution >= 4 is 17.7 Å². The number of alkyl halides is 3. The van der Waals surface area contributed by atoms with E-state index >= 15 is 0 Å². The zero-order chi connectivity index (χ0) is 15.5. The summed E-state index contributed by atoms with van der Waals surface area (Å²) in [5.74, 6) is -0.672. The molecule has 0 bridgehead atoms. The lowest BCUT2D eigenvalue weighted by atomic mass is 10.1. The van der Waals surface area contributed by atoms with Gasteiger partial charge in [-0.1, -0.05) is 23.9 Å². The molecule has 0 aliphatic rings. The molecule has 2 N–H and O–H groups in total. The molecule has 0 aliphatic heterocycles. The maximum atomic E-state index is 12.4. The number of nitrogens with one attached hydrogen (secondary N) is 1. The van der Waals surface area contributed by atoms with E-state index in [1.165, 1.54) is 12.1 Å². The minimum Gasteiger partial charge on any atom is -0.481 e. The topological polar surface area (TPSA) is 78.9 Å². The molecule has 0 fully saturated rings. The summed E-state index contributed by atoms with van der Waals surface area (Å²) in [5.41, 5.74) is -0.0598. The highest BCUT2D eigenvalue weighted by Gasteiger charge is 2.29. The summed E-state index contributed by atoms with van der Waals surface area (Å²) in [7, 11) is 0. The van der Waals surface area contributed by atoms with Crippen LogP contribution in [-0.2, 0) is 17.4 Å². The van der Waals surface area contributed by atoms with E-state index in [9.17, 15) is 18.0 Å². The Balaban J connectivity index is 2.00. The molecule has 1 aromatic carbocycles. The van der Waals surface area contributed by atoms with E-state index in [1.54, 1.807) is 0 Å². The quantitative estimate of drug-likeness (QED) is 0.829. The van der Waals surface area contributed by atoms with Crippen LogP contribution in [0.3, 0.4) is 0 Å². The Morgan fingerprint density at radius 1 is 1.29 bits per heavy atom. The highest BCUT2D eigenvalue weighted by molar-refractivity contribution is 7.99. The van der Waals surface area contributed by atoms with E-state index in [0.717, 1.165) is 23.9 Å². The normalized spacial score (nSPS) is 11.6. The second kappa shape index (κ2) is 6.17. The van der Waals surface area contributed by atoms with Crippen molar-refractivity contribution in [1.29, 1.82) is 0 Å². The first kappa shape index (κ1) is 15.4. The second-order valence-corrected chi connectivity index (χ2v) is 5.06. The predicted molar refractivity (Wildman–Crippen MR) is 69.0 cm³/mol. The van der Waals surface area contributed by atoms with Crippen molar-refractivity contribution in [1.82, 2.24) is 15.2 Å². The Morgan fingerprint density at radius 3 is 2.52 bits per heavy atom. The zero-order valence-corrected chi connectivity index (χ0v) is 11.3. The molecule has 0 saturated carbocycles. The molecule has 9 heteroatoms. The van der Waals surface area contributed by atoms with Crippen LogP contribution < -0.4 is 0 Å². The van der Waals surface area contributed by atoms with Crippen LogP contribution >= 0.6 is 11.8 Å². The van der Waals surface area contributed by atoms with Gasteiger partial charge in [-0.15, -0.1) is 5.10 Å². The molecular weight excluding hydrogens is 307 g/mol. The summed E-state index contributed by atoms with van der Waals surface area (Å²) < 4.78 is 37.3. The highest BCUT2D eigenvalue weighted by Crippen LogP contribution is 2.29. The highest BCUT2D eigenvalue weighted by atomic mass is 32.2. The first-order valence-corrected chi connectivity index (χ1v) is 6.75. The number of carboxylic acids is 1. The van der Waals surface area contributed by atoms with Gasteiger partial charge in [0.25, 0.3) is 0 Å². The fourth-order valence-corrected chi connectivity index (χ4v) is 2.09. The average molecular weight is 317 g/mol. The molecule has 1 heterocycles. The standard InChI is InChI=1S/C12H10F3N3O2S/c13-12(14,15)8-3-1-7(2-4-8)5-9-16-11(18-17-9)21-6-10(19)20/h1-4H,5-6H2,(H,19,20)(H,16,17,18). The Morgan fingerprint density at radius 2 is 1.95 bits per heavy atom. The van der Waals surface area contributed by atoms with Crippen LogP contribution in [0.5, 0.6) is 0 Å². The fourth-order valence-electron chi connectivity index (χ4n) is 1.55. The fraction of sp³-hybridized carbons (Fsp3) is 0.250. The molecule has 0 aliphatic carbocycles. The van der Waals surface area contributed by atoms with Crippen molar-refractivity contribution in [3.63, 3.8) is 0 Å². The van der Waals surface area contributed by atoms with Crippen molar-refractivity contribution in [2.24, 2.45) is 0 Å². The number of aliphatic carboxylic acids is 1. The molecular formula is C12H10F3N3O2S. The van der Waals surface area contributed by atoms with E-state index < -0.39 is 17.7 Å². The van der Waals surface area contributed by atoms with Crippen molar-refractivity contribution < 1.29 is 23.1 Å². The molecule has 2 aromatic rings. The molecule has 0 atom stereocenters. The number of hydrogen-bond donors (Lipinski definition) is 2. The van der Waals surface area contributed by atoms with Gasteiger partial charge in [-0.2, -0.15) is 13.2 Å². The summed E-state index contributed by atoms with van der Waals surface area (Å²) in [5, 5.41) is 15.3. The first-order chi connectivity index (χ1) is 9.84. The van der Waals surface area contributed by atoms with Gasteiger partial charge < -0.3 is 5.11 Å². The number of carbonyl (C=O) groups is 1. The average Bonchev–Trinajstić information content (AvgIpc) is 2.83. The molecule has 0 amide bonds. The predicted octanol–water partition coefficient (Wildman–Crippen LogP) is 2.59. The van der Waals surface area contributed by atoms with E-state index in [-0.39, 0.29) is 5.75 Å². The van der Waals surface area contributed by atoms with Crippen LogP contribution in [0.15, 0.2) is 29.4 Å². The number of benzene rings is 1. The molecule has 0 radical (unpaired) electrons. The molecule has 0 saturated heterocycles. The van der Waals surface area contributed by atoms with Gasteiger partial charge in [0.2, 0.25) is 5.16 Å². The molecule has 112 valence electrons. The Labute approximate surface area is 121 Å². The molecule has 21 heavy (non-hydrogen) atoms. The largest absolute Gasteiger partial charge is 0.481 e. The van der Waals surface area contributed by atoms with Gasteiger partial charge in [0.1, 0.15) is 5.82 Å². The van der Waals surface area contributed by atoms with E-state index in [2.05, 4.69) is 15.2 Å². The van der Waals surface area contributed by atoms with Crippen molar-refractivity contribution in [2.75, 3.05) is 5.75 Å². The van der Waals surface area contributed by atoms with E-state index in [1.807, 2.05) is 0 Å². The Bertz CT molecular complexity index is 625. The molecule has 1 aromatic heterocycles. The zero-order valence-electron chi connectivity index (χ0n) is 10.5. The molecule has 5 nitrogen and oxygen atoms in total. The van der Waals surface area contributed by atoms with E-state index in [4.69, 9.17) is 5.11 Å². The second-order valence-electron chi connectivity index (χ2n) is 4.12. The molecule has 0 spiro atoms. The summed E-state index contributed by atoms with van der Waals surface area (Å²) in [6.45, 7) is 0. The van der Waals surface area contributed by atoms with Gasteiger partial charge in [0, 0.05) is 6.42 Å². The molecule has 2 rings (SSSR count). The third kappa shape index (κ3) is 4.48. The summed E-state index contributed by atoms with van der Waals surface area (Å²) in [4.78, 5) is 14.5. The Kier molecular flexibility index (Phi) is 4.51. The minimum absolute atomic E-state index is 0.155. The summed E-state index contributed by atoms with van der Waals surface area (Å²) in [6.07, 6.45) is -4.07. The minimum atomic E-state index is -4.36. The smallest absolute Gasteiger partial charge is 0.416 e. The van der Waals surface area contributed by atoms with Crippen molar-refractivity contribution in [3.8, 4) is 0 Å². The lowest BCUT2D eigenvalue weighted by molar-refractivity contribution is -0.137. The number of hydrogen-bond acceptors (Lipinski definition) is 4. The monoisotopic (exact) mass is 317 g/mol. The first-order valence-electron chi connectivity index (χ1n) is 5.76. The molecule has 0 unspecified atom stereocenters. The Hall–Kier alpha value is -2.03. The van der Waals surface area contributed by atoms with Crippen molar-refractivity contribution in [2.45, 2.75) is 17.8 Å². The number of aromatic amines is 1. The maximum Gasteiger partial charge on any atom is 0.416 e. The third-order valence-electron chi connectivity index (χ3n) is 2.49. The number of nitrogens with zero attached hydrogens (tertiary/aromatic N) is 2. The summed E-state index contributed by atoms with van der Waals surface area (Å²) in [6, 6.07) is 4.75. The van der Waals surface area contributed by atoms with Crippen LogP contribution in [0.25, 0.3) is 0 Å².